The average Bonchev–Trinajstić information content (AvgIpc) is 2.88. The van der Waals surface area contributed by atoms with Gasteiger partial charge in [-0.3, -0.25) is 18.7 Å². The number of carbonyl (C=O) groups excluding carboxylic acids is 1. The first-order chi connectivity index (χ1) is 16.9. The molecule has 35 heavy (non-hydrogen) atoms. The van der Waals surface area contributed by atoms with Crippen molar-refractivity contribution in [2.75, 3.05) is 24.5 Å². The average molecular weight is 481 g/mol. The molecule has 0 spiro atoms. The highest BCUT2D eigenvalue weighted by molar-refractivity contribution is 5.95. The molecule has 1 saturated heterocycles. The fourth-order valence-electron chi connectivity index (χ4n) is 4.81. The molecule has 1 fully saturated rings. The van der Waals surface area contributed by atoms with Gasteiger partial charge < -0.3 is 14.9 Å². The van der Waals surface area contributed by atoms with E-state index in [1.807, 2.05) is 4.90 Å². The molecule has 0 saturated carbocycles. The van der Waals surface area contributed by atoms with Crippen LogP contribution >= 0.6 is 0 Å². The van der Waals surface area contributed by atoms with Gasteiger partial charge in [0.25, 0.3) is 11.5 Å². The lowest BCUT2D eigenvalue weighted by atomic mass is 9.98. The lowest BCUT2D eigenvalue weighted by Crippen LogP contribution is -2.51. The summed E-state index contributed by atoms with van der Waals surface area (Å²) in [6.45, 7) is 2.02. The van der Waals surface area contributed by atoms with Gasteiger partial charge in [-0.25, -0.2) is 19.2 Å². The lowest BCUT2D eigenvalue weighted by molar-refractivity contribution is 0.0677. The number of piperidine rings is 1. The number of aromatic nitrogens is 4. The number of fused-ring (bicyclic) bond motifs is 1. The molecule has 182 valence electrons. The summed E-state index contributed by atoms with van der Waals surface area (Å²) in [4.78, 5) is 51.3. The number of hydrogen-bond acceptors (Lipinski definition) is 7. The minimum absolute atomic E-state index is 0.0229. The number of halogens is 1. The molecular weight excluding hydrogens is 455 g/mol. The van der Waals surface area contributed by atoms with Crippen molar-refractivity contribution in [1.82, 2.24) is 24.0 Å². The van der Waals surface area contributed by atoms with E-state index in [1.165, 1.54) is 21.6 Å². The van der Waals surface area contributed by atoms with Crippen LogP contribution in [-0.4, -0.2) is 54.7 Å². The van der Waals surface area contributed by atoms with Gasteiger partial charge in [0, 0.05) is 51.7 Å². The van der Waals surface area contributed by atoms with Crippen molar-refractivity contribution < 1.29 is 14.3 Å². The van der Waals surface area contributed by atoms with Gasteiger partial charge in [0.2, 0.25) is 11.7 Å². The van der Waals surface area contributed by atoms with E-state index in [9.17, 15) is 23.9 Å². The van der Waals surface area contributed by atoms with Gasteiger partial charge in [-0.2, -0.15) is 0 Å². The maximum absolute atomic E-state index is 13.2. The number of benzene rings is 1. The van der Waals surface area contributed by atoms with Gasteiger partial charge in [-0.15, -0.1) is 0 Å². The van der Waals surface area contributed by atoms with Crippen LogP contribution in [0.15, 0.2) is 52.3 Å². The first-order valence-electron chi connectivity index (χ1n) is 11.5. The van der Waals surface area contributed by atoms with E-state index in [2.05, 4.69) is 9.97 Å². The summed E-state index contributed by atoms with van der Waals surface area (Å²) < 4.78 is 15.4. The predicted molar refractivity (Wildman–Crippen MR) is 125 cm³/mol. The topological polar surface area (TPSA) is 114 Å². The highest BCUT2D eigenvalue weighted by Gasteiger charge is 2.32. The Hall–Kier alpha value is -4.02. The standard InChI is InChI=1S/C24H25FN6O4/c25-18-6-4-16(5-7-18)13-28-11-12-30-19(21(28)33)20(32)22(34)31(24(30)35)15-17-3-1-10-29(14-17)23-26-8-2-9-27-23/h2,4-9,17,32H,1,3,10-15H2. The largest absolute Gasteiger partial charge is 0.501 e. The maximum atomic E-state index is 13.2. The fourth-order valence-corrected chi connectivity index (χ4v) is 4.81. The molecule has 10 nitrogen and oxygen atoms in total. The zero-order valence-electron chi connectivity index (χ0n) is 19.0. The number of carbonyl (C=O) groups is 1. The van der Waals surface area contributed by atoms with Gasteiger partial charge in [0.15, 0.2) is 5.69 Å². The molecule has 2 aliphatic heterocycles. The first-order valence-corrected chi connectivity index (χ1v) is 11.5. The fraction of sp³-hybridized carbons (Fsp3) is 0.375. The van der Waals surface area contributed by atoms with Crippen LogP contribution in [0, 0.1) is 11.7 Å². The summed E-state index contributed by atoms with van der Waals surface area (Å²) in [6, 6.07) is 7.47. The second-order valence-electron chi connectivity index (χ2n) is 8.90. The van der Waals surface area contributed by atoms with E-state index in [4.69, 9.17) is 0 Å². The second kappa shape index (κ2) is 9.32. The first kappa shape index (κ1) is 22.8. The summed E-state index contributed by atoms with van der Waals surface area (Å²) in [5.74, 6) is -1.14. The number of nitrogens with zero attached hydrogens (tertiary/aromatic N) is 6. The number of rotatable bonds is 5. The van der Waals surface area contributed by atoms with E-state index in [0.717, 1.165) is 24.0 Å². The van der Waals surface area contributed by atoms with E-state index < -0.39 is 22.9 Å². The Morgan fingerprint density at radius 1 is 1.03 bits per heavy atom. The minimum Gasteiger partial charge on any atom is -0.501 e. The van der Waals surface area contributed by atoms with Crippen LogP contribution in [0.5, 0.6) is 5.75 Å². The number of anilines is 1. The van der Waals surface area contributed by atoms with E-state index >= 15 is 0 Å². The Kier molecular flexibility index (Phi) is 6.06. The van der Waals surface area contributed by atoms with Crippen molar-refractivity contribution >= 4 is 11.9 Å². The van der Waals surface area contributed by atoms with E-state index in [-0.39, 0.29) is 43.6 Å². The van der Waals surface area contributed by atoms with Gasteiger partial charge in [-0.1, -0.05) is 12.1 Å². The monoisotopic (exact) mass is 480 g/mol. The highest BCUT2D eigenvalue weighted by Crippen LogP contribution is 2.23. The smallest absolute Gasteiger partial charge is 0.331 e. The normalized spacial score (nSPS) is 18.0. The predicted octanol–water partition coefficient (Wildman–Crippen LogP) is 1.22. The minimum atomic E-state index is -0.869. The van der Waals surface area contributed by atoms with Gasteiger partial charge in [0.05, 0.1) is 0 Å². The van der Waals surface area contributed by atoms with Crippen LogP contribution < -0.4 is 16.1 Å². The molecule has 4 heterocycles. The number of hydrogen-bond donors (Lipinski definition) is 1. The molecule has 5 rings (SSSR count). The van der Waals surface area contributed by atoms with Gasteiger partial charge in [0.1, 0.15) is 5.82 Å². The van der Waals surface area contributed by atoms with Crippen molar-refractivity contribution in [2.45, 2.75) is 32.5 Å². The third kappa shape index (κ3) is 4.41. The summed E-state index contributed by atoms with van der Waals surface area (Å²) in [5.41, 5.74) is -1.07. The quantitative estimate of drug-likeness (QED) is 0.584. The van der Waals surface area contributed by atoms with Crippen LogP contribution in [-0.2, 0) is 19.6 Å². The zero-order chi connectivity index (χ0) is 24.5. The molecule has 1 amide bonds. The van der Waals surface area contributed by atoms with E-state index in [0.29, 0.717) is 18.1 Å². The summed E-state index contributed by atoms with van der Waals surface area (Å²) in [7, 11) is 0. The zero-order valence-corrected chi connectivity index (χ0v) is 19.0. The SMILES string of the molecule is O=C1c2c(O)c(=O)n(CC3CCCN(c4ncccn4)C3)c(=O)n2CCN1Cc1ccc(F)cc1. The number of aromatic hydroxyl groups is 1. The van der Waals surface area contributed by atoms with E-state index in [1.54, 1.807) is 30.6 Å². The maximum Gasteiger partial charge on any atom is 0.331 e. The van der Waals surface area contributed by atoms with Gasteiger partial charge >= 0.3 is 5.69 Å². The van der Waals surface area contributed by atoms with Crippen LogP contribution in [0.4, 0.5) is 10.3 Å². The second-order valence-corrected chi connectivity index (χ2v) is 8.90. The summed E-state index contributed by atoms with van der Waals surface area (Å²) in [6.07, 6.45) is 5.00. The summed E-state index contributed by atoms with van der Waals surface area (Å²) in [5, 5.41) is 10.7. The van der Waals surface area contributed by atoms with Crippen LogP contribution in [0.1, 0.15) is 28.9 Å². The van der Waals surface area contributed by atoms with Crippen LogP contribution in [0.2, 0.25) is 0 Å². The van der Waals surface area contributed by atoms with Gasteiger partial charge in [-0.05, 0) is 42.5 Å². The Balaban J connectivity index is 1.39. The van der Waals surface area contributed by atoms with Crippen LogP contribution in [0.25, 0.3) is 0 Å². The molecule has 1 N–H and O–H groups in total. The van der Waals surface area contributed by atoms with Crippen molar-refractivity contribution in [3.8, 4) is 5.75 Å². The molecular formula is C24H25FN6O4. The molecule has 2 aromatic heterocycles. The number of amides is 1. The molecule has 11 heteroatoms. The third-order valence-corrected chi connectivity index (χ3v) is 6.57. The Bertz CT molecular complexity index is 1360. The van der Waals surface area contributed by atoms with Crippen molar-refractivity contribution in [2.24, 2.45) is 5.92 Å². The molecule has 1 unspecified atom stereocenters. The summed E-state index contributed by atoms with van der Waals surface area (Å²) >= 11 is 0. The molecule has 3 aromatic rings. The third-order valence-electron chi connectivity index (χ3n) is 6.57. The highest BCUT2D eigenvalue weighted by atomic mass is 19.1. The Morgan fingerprint density at radius 2 is 1.77 bits per heavy atom. The van der Waals surface area contributed by atoms with Crippen molar-refractivity contribution in [3.05, 3.63) is 80.6 Å². The molecule has 0 bridgehead atoms. The molecule has 2 aliphatic rings. The lowest BCUT2D eigenvalue weighted by Gasteiger charge is -2.33. The molecule has 1 atom stereocenters. The van der Waals surface area contributed by atoms with Crippen molar-refractivity contribution in [3.63, 3.8) is 0 Å². The Labute approximate surface area is 199 Å². The molecule has 0 aliphatic carbocycles. The van der Waals surface area contributed by atoms with Crippen LogP contribution in [0.3, 0.4) is 0 Å². The van der Waals surface area contributed by atoms with Crippen molar-refractivity contribution in [1.29, 1.82) is 0 Å². The molecule has 0 radical (unpaired) electrons. The molecule has 1 aromatic carbocycles. The Morgan fingerprint density at radius 3 is 2.51 bits per heavy atom.